The van der Waals surface area contributed by atoms with E-state index in [1.807, 2.05) is 18.2 Å². The van der Waals surface area contributed by atoms with E-state index >= 15 is 0 Å². The number of carboxylic acid groups (broad SMARTS) is 1. The topological polar surface area (TPSA) is 78.4 Å². The second-order valence-corrected chi connectivity index (χ2v) is 5.09. The van der Waals surface area contributed by atoms with Crippen LogP contribution in [0.1, 0.15) is 35.7 Å². The predicted octanol–water partition coefficient (Wildman–Crippen LogP) is 1.68. The fourth-order valence-corrected chi connectivity index (χ4v) is 2.37. The van der Waals surface area contributed by atoms with Crippen molar-refractivity contribution in [3.05, 3.63) is 29.3 Å². The van der Waals surface area contributed by atoms with Crippen LogP contribution < -0.4 is 10.6 Å². The van der Waals surface area contributed by atoms with Gasteiger partial charge >= 0.3 is 5.97 Å². The molecule has 1 unspecified atom stereocenters. The molecule has 5 heteroatoms. The predicted molar refractivity (Wildman–Crippen MR) is 77.3 cm³/mol. The van der Waals surface area contributed by atoms with Crippen molar-refractivity contribution >= 4 is 17.4 Å². The number of carbonyl (C=O) groups is 2. The number of aliphatic carboxylic acids is 1. The second kappa shape index (κ2) is 6.52. The Morgan fingerprint density at radius 3 is 3.00 bits per heavy atom. The number of Topliss-reactive ketones (excluding diaryl/α,β-unsaturated/α-hetero) is 1. The molecule has 20 heavy (non-hydrogen) atoms. The van der Waals surface area contributed by atoms with Crippen molar-refractivity contribution in [1.82, 2.24) is 5.32 Å². The van der Waals surface area contributed by atoms with Gasteiger partial charge in [0.15, 0.2) is 5.78 Å². The molecule has 0 fully saturated rings. The molecule has 1 aromatic rings. The maximum Gasteiger partial charge on any atom is 0.304 e. The lowest BCUT2D eigenvalue weighted by Crippen LogP contribution is -2.35. The molecule has 0 aliphatic carbocycles. The zero-order chi connectivity index (χ0) is 14.5. The molecule has 2 rings (SSSR count). The summed E-state index contributed by atoms with van der Waals surface area (Å²) in [6.45, 7) is 3.05. The third-order valence-corrected chi connectivity index (χ3v) is 3.51. The lowest BCUT2D eigenvalue weighted by molar-refractivity contribution is -0.136. The van der Waals surface area contributed by atoms with Crippen LogP contribution in [0, 0.1) is 0 Å². The third-order valence-electron chi connectivity index (χ3n) is 3.51. The molecule has 0 bridgehead atoms. The first-order valence-corrected chi connectivity index (χ1v) is 6.94. The Morgan fingerprint density at radius 2 is 2.25 bits per heavy atom. The van der Waals surface area contributed by atoms with E-state index in [-0.39, 0.29) is 18.2 Å². The van der Waals surface area contributed by atoms with Crippen molar-refractivity contribution in [2.24, 2.45) is 0 Å². The quantitative estimate of drug-likeness (QED) is 0.689. The second-order valence-electron chi connectivity index (χ2n) is 5.09. The first-order valence-electron chi connectivity index (χ1n) is 6.94. The highest BCUT2D eigenvalue weighted by molar-refractivity contribution is 6.00. The van der Waals surface area contributed by atoms with Crippen LogP contribution in [0.4, 0.5) is 5.69 Å². The molecule has 1 aromatic carbocycles. The molecule has 0 aromatic heterocycles. The molecule has 0 amide bonds. The van der Waals surface area contributed by atoms with Crippen LogP contribution in [0.15, 0.2) is 18.2 Å². The number of nitrogens with one attached hydrogen (secondary N) is 2. The number of carbonyl (C=O) groups excluding carboxylic acids is 1. The zero-order valence-electron chi connectivity index (χ0n) is 11.6. The van der Waals surface area contributed by atoms with Gasteiger partial charge in [-0.2, -0.15) is 0 Å². The summed E-state index contributed by atoms with van der Waals surface area (Å²) in [6, 6.07) is 5.35. The van der Waals surface area contributed by atoms with Gasteiger partial charge < -0.3 is 15.7 Å². The minimum Gasteiger partial charge on any atom is -0.481 e. The summed E-state index contributed by atoms with van der Waals surface area (Å²) >= 11 is 0. The molecular formula is C15H20N2O3. The summed E-state index contributed by atoms with van der Waals surface area (Å²) in [5.41, 5.74) is 2.97. The largest absolute Gasteiger partial charge is 0.481 e. The maximum absolute atomic E-state index is 12.3. The average molecular weight is 276 g/mol. The van der Waals surface area contributed by atoms with E-state index in [0.29, 0.717) is 12.1 Å². The summed E-state index contributed by atoms with van der Waals surface area (Å²) in [4.78, 5) is 22.7. The highest BCUT2D eigenvalue weighted by Crippen LogP contribution is 2.23. The molecule has 5 nitrogen and oxygen atoms in total. The summed E-state index contributed by atoms with van der Waals surface area (Å²) < 4.78 is 0. The smallest absolute Gasteiger partial charge is 0.304 e. The van der Waals surface area contributed by atoms with Crippen LogP contribution in [0.5, 0.6) is 0 Å². The van der Waals surface area contributed by atoms with E-state index in [4.69, 9.17) is 5.11 Å². The van der Waals surface area contributed by atoms with Crippen LogP contribution in [0.25, 0.3) is 0 Å². The Bertz CT molecular complexity index is 514. The van der Waals surface area contributed by atoms with Gasteiger partial charge in [-0.1, -0.05) is 0 Å². The Kier molecular flexibility index (Phi) is 4.74. The lowest BCUT2D eigenvalue weighted by Gasteiger charge is -2.19. The van der Waals surface area contributed by atoms with E-state index in [9.17, 15) is 9.59 Å². The van der Waals surface area contributed by atoms with Gasteiger partial charge in [-0.25, -0.2) is 0 Å². The van der Waals surface area contributed by atoms with Crippen molar-refractivity contribution in [2.75, 3.05) is 18.4 Å². The number of aryl methyl sites for hydroxylation is 1. The fourth-order valence-electron chi connectivity index (χ4n) is 2.37. The molecular weight excluding hydrogens is 256 g/mol. The van der Waals surface area contributed by atoms with Gasteiger partial charge in [-0.15, -0.1) is 0 Å². The summed E-state index contributed by atoms with van der Waals surface area (Å²) in [5, 5.41) is 14.8. The Balaban J connectivity index is 1.99. The molecule has 0 saturated carbocycles. The van der Waals surface area contributed by atoms with E-state index in [1.54, 1.807) is 6.92 Å². The number of anilines is 1. The zero-order valence-corrected chi connectivity index (χ0v) is 11.6. The van der Waals surface area contributed by atoms with Crippen LogP contribution in [0.2, 0.25) is 0 Å². The Morgan fingerprint density at radius 1 is 1.45 bits per heavy atom. The van der Waals surface area contributed by atoms with Crippen LogP contribution >= 0.6 is 0 Å². The van der Waals surface area contributed by atoms with E-state index in [1.165, 1.54) is 5.56 Å². The molecule has 1 atom stereocenters. The minimum absolute atomic E-state index is 0.00348. The SMILES string of the molecule is CC(NCCC(=O)O)C(=O)c1ccc2c(c1)CCCN2. The number of hydrogen-bond acceptors (Lipinski definition) is 4. The maximum atomic E-state index is 12.3. The Hall–Kier alpha value is -1.88. The van der Waals surface area contributed by atoms with Crippen molar-refractivity contribution in [2.45, 2.75) is 32.2 Å². The highest BCUT2D eigenvalue weighted by atomic mass is 16.4. The first kappa shape index (κ1) is 14.5. The number of hydrogen-bond donors (Lipinski definition) is 3. The Labute approximate surface area is 118 Å². The van der Waals surface area contributed by atoms with E-state index in [0.717, 1.165) is 25.1 Å². The van der Waals surface area contributed by atoms with E-state index in [2.05, 4.69) is 10.6 Å². The fraction of sp³-hybridized carbons (Fsp3) is 0.467. The van der Waals surface area contributed by atoms with Gasteiger partial charge in [0.2, 0.25) is 0 Å². The molecule has 3 N–H and O–H groups in total. The van der Waals surface area contributed by atoms with Crippen molar-refractivity contribution in [1.29, 1.82) is 0 Å². The first-order chi connectivity index (χ1) is 9.58. The molecule has 0 spiro atoms. The molecule has 0 saturated heterocycles. The van der Waals surface area contributed by atoms with Gasteiger partial charge in [0, 0.05) is 24.3 Å². The highest BCUT2D eigenvalue weighted by Gasteiger charge is 2.17. The van der Waals surface area contributed by atoms with Crippen molar-refractivity contribution < 1.29 is 14.7 Å². The number of ketones is 1. The van der Waals surface area contributed by atoms with Gasteiger partial charge in [-0.3, -0.25) is 9.59 Å². The number of rotatable bonds is 6. The standard InChI is InChI=1S/C15H20N2O3/c1-10(16-8-6-14(18)19)15(20)12-4-5-13-11(9-12)3-2-7-17-13/h4-5,9-10,16-17H,2-3,6-8H2,1H3,(H,18,19). The normalized spacial score (nSPS) is 15.1. The average Bonchev–Trinajstić information content (AvgIpc) is 2.45. The van der Waals surface area contributed by atoms with Gasteiger partial charge in [0.1, 0.15) is 0 Å². The summed E-state index contributed by atoms with van der Waals surface area (Å²) in [7, 11) is 0. The van der Waals surface area contributed by atoms with Crippen LogP contribution in [-0.2, 0) is 11.2 Å². The van der Waals surface area contributed by atoms with Crippen LogP contribution in [-0.4, -0.2) is 36.0 Å². The molecule has 1 aliphatic rings. The van der Waals surface area contributed by atoms with Gasteiger partial charge in [0.05, 0.1) is 12.5 Å². The van der Waals surface area contributed by atoms with E-state index < -0.39 is 5.97 Å². The molecule has 108 valence electrons. The van der Waals surface area contributed by atoms with Gasteiger partial charge in [-0.05, 0) is 43.5 Å². The molecule has 0 radical (unpaired) electrons. The monoisotopic (exact) mass is 276 g/mol. The van der Waals surface area contributed by atoms with Gasteiger partial charge in [0.25, 0.3) is 0 Å². The molecule has 1 aliphatic heterocycles. The number of fused-ring (bicyclic) bond motifs is 1. The summed E-state index contributed by atoms with van der Waals surface area (Å²) in [5.74, 6) is -0.860. The minimum atomic E-state index is -0.864. The molecule has 1 heterocycles. The third kappa shape index (κ3) is 3.57. The number of carboxylic acids is 1. The summed E-state index contributed by atoms with van der Waals surface area (Å²) in [6.07, 6.45) is 2.09. The lowest BCUT2D eigenvalue weighted by atomic mass is 9.97. The van der Waals surface area contributed by atoms with Crippen molar-refractivity contribution in [3.8, 4) is 0 Å². The number of benzene rings is 1. The van der Waals surface area contributed by atoms with Crippen LogP contribution in [0.3, 0.4) is 0 Å². The van der Waals surface area contributed by atoms with Crippen molar-refractivity contribution in [3.63, 3.8) is 0 Å².